The smallest absolute Gasteiger partial charge is 0.408 e. The van der Waals surface area contributed by atoms with Crippen molar-refractivity contribution in [3.8, 4) is 0 Å². The Morgan fingerprint density at radius 2 is 2.00 bits per heavy atom. The molecule has 0 aliphatic rings. The molecule has 0 heterocycles. The van der Waals surface area contributed by atoms with Crippen LogP contribution in [0.15, 0.2) is 0 Å². The van der Waals surface area contributed by atoms with Gasteiger partial charge in [0.1, 0.15) is 5.60 Å². The molecule has 1 atom stereocenters. The molecule has 0 saturated carbocycles. The molecule has 0 aromatic carbocycles. The number of ether oxygens (including phenoxy) is 2. The second-order valence-electron chi connectivity index (χ2n) is 4.65. The van der Waals surface area contributed by atoms with Gasteiger partial charge in [0, 0.05) is 6.61 Å². The number of nitrogens with one attached hydrogen (secondary N) is 1. The lowest BCUT2D eigenvalue weighted by atomic mass is 10.2. The fourth-order valence-corrected chi connectivity index (χ4v) is 0.982. The van der Waals surface area contributed by atoms with Gasteiger partial charge in [-0.15, -0.1) is 0 Å². The zero-order valence-corrected chi connectivity index (χ0v) is 10.9. The normalized spacial score (nSPS) is 12.9. The van der Waals surface area contributed by atoms with E-state index in [-0.39, 0.29) is 19.6 Å². The van der Waals surface area contributed by atoms with Crippen LogP contribution in [0.3, 0.4) is 0 Å². The maximum absolute atomic E-state index is 11.8. The van der Waals surface area contributed by atoms with Gasteiger partial charge in [-0.05, 0) is 27.2 Å². The highest BCUT2D eigenvalue weighted by Crippen LogP contribution is 2.06. The summed E-state index contributed by atoms with van der Waals surface area (Å²) < 4.78 is 21.6. The molecule has 0 aromatic rings. The van der Waals surface area contributed by atoms with E-state index in [1.54, 1.807) is 20.8 Å². The summed E-state index contributed by atoms with van der Waals surface area (Å²) in [5, 5.41) is 11.0. The Labute approximate surface area is 105 Å². The van der Waals surface area contributed by atoms with E-state index in [1.807, 2.05) is 0 Å². The minimum Gasteiger partial charge on any atom is -0.480 e. The molecule has 0 spiro atoms. The van der Waals surface area contributed by atoms with Crippen LogP contribution in [-0.4, -0.2) is 48.7 Å². The summed E-state index contributed by atoms with van der Waals surface area (Å²) >= 11 is 0. The van der Waals surface area contributed by atoms with E-state index >= 15 is 0 Å². The Bertz CT molecular complexity index is 277. The molecule has 106 valence electrons. The third-order valence-corrected chi connectivity index (χ3v) is 1.70. The minimum atomic E-state index is -1.24. The molecule has 0 bridgehead atoms. The molecule has 0 aliphatic heterocycles. The fourth-order valence-electron chi connectivity index (χ4n) is 0.982. The van der Waals surface area contributed by atoms with E-state index in [0.29, 0.717) is 0 Å². The second kappa shape index (κ2) is 7.86. The van der Waals surface area contributed by atoms with Crippen LogP contribution < -0.4 is 5.32 Å². The minimum absolute atomic E-state index is 0.107. The third-order valence-electron chi connectivity index (χ3n) is 1.70. The summed E-state index contributed by atoms with van der Waals surface area (Å²) in [4.78, 5) is 22.2. The van der Waals surface area contributed by atoms with Crippen molar-refractivity contribution >= 4 is 12.1 Å². The predicted molar refractivity (Wildman–Crippen MR) is 62.2 cm³/mol. The highest BCUT2D eigenvalue weighted by atomic mass is 19.1. The number of hydrogen-bond acceptors (Lipinski definition) is 4. The van der Waals surface area contributed by atoms with Crippen molar-refractivity contribution in [1.29, 1.82) is 0 Å². The number of carboxylic acids is 1. The number of rotatable bonds is 7. The summed E-state index contributed by atoms with van der Waals surface area (Å²) in [6.45, 7) is 4.35. The number of halogens is 1. The number of carbonyl (C=O) groups excluding carboxylic acids is 1. The van der Waals surface area contributed by atoms with E-state index in [9.17, 15) is 14.0 Å². The topological polar surface area (TPSA) is 84.9 Å². The average Bonchev–Trinajstić information content (AvgIpc) is 2.19. The molecular weight excluding hydrogens is 245 g/mol. The van der Waals surface area contributed by atoms with E-state index in [2.05, 4.69) is 5.32 Å². The van der Waals surface area contributed by atoms with Gasteiger partial charge < -0.3 is 19.9 Å². The van der Waals surface area contributed by atoms with Gasteiger partial charge in [-0.1, -0.05) is 0 Å². The van der Waals surface area contributed by atoms with Crippen LogP contribution in [0.4, 0.5) is 9.18 Å². The summed E-state index contributed by atoms with van der Waals surface area (Å²) in [5.74, 6) is -1.24. The van der Waals surface area contributed by atoms with Crippen molar-refractivity contribution < 1.29 is 28.6 Å². The molecule has 0 rings (SSSR count). The van der Waals surface area contributed by atoms with Crippen LogP contribution in [0.2, 0.25) is 0 Å². The highest BCUT2D eigenvalue weighted by Gasteiger charge is 2.23. The van der Waals surface area contributed by atoms with Gasteiger partial charge in [-0.2, -0.15) is 0 Å². The first kappa shape index (κ1) is 16.6. The van der Waals surface area contributed by atoms with Gasteiger partial charge in [0.15, 0.2) is 6.04 Å². The molecule has 0 aromatic heterocycles. The number of aliphatic carboxylic acids is 1. The van der Waals surface area contributed by atoms with Crippen LogP contribution in [0.5, 0.6) is 0 Å². The molecule has 1 amide bonds. The lowest BCUT2D eigenvalue weighted by molar-refractivity contribution is -0.141. The number of hydrogen-bond donors (Lipinski definition) is 2. The van der Waals surface area contributed by atoms with E-state index < -0.39 is 30.4 Å². The van der Waals surface area contributed by atoms with Gasteiger partial charge >= 0.3 is 12.1 Å². The predicted octanol–water partition coefficient (Wildman–Crippen LogP) is 1.34. The molecule has 0 radical (unpaired) electrons. The Kier molecular flexibility index (Phi) is 7.26. The SMILES string of the molecule is CC(C)(C)OC(=O)N[C@@H](COCCCF)C(=O)O. The first-order chi connectivity index (χ1) is 8.26. The first-order valence-electron chi connectivity index (χ1n) is 5.62. The number of carboxylic acid groups (broad SMARTS) is 1. The fraction of sp³-hybridized carbons (Fsp3) is 0.818. The number of alkyl halides is 1. The largest absolute Gasteiger partial charge is 0.480 e. The molecule has 0 fully saturated rings. The molecular formula is C11H20FNO5. The summed E-state index contributed by atoms with van der Waals surface area (Å²) in [6, 6.07) is -1.21. The standard InChI is InChI=1S/C11H20FNO5/c1-11(2,3)18-10(16)13-8(9(14)15)7-17-6-4-5-12/h8H,4-7H2,1-3H3,(H,13,16)(H,14,15)/t8-/m0/s1. The maximum atomic E-state index is 11.8. The average molecular weight is 265 g/mol. The van der Waals surface area contributed by atoms with Crippen molar-refractivity contribution in [1.82, 2.24) is 5.32 Å². The summed E-state index contributed by atoms with van der Waals surface area (Å²) in [5.41, 5.74) is -0.706. The number of carbonyl (C=O) groups is 2. The number of alkyl carbamates (subject to hydrolysis) is 1. The quantitative estimate of drug-likeness (QED) is 0.678. The Morgan fingerprint density at radius 1 is 1.39 bits per heavy atom. The van der Waals surface area contributed by atoms with E-state index in [4.69, 9.17) is 14.6 Å². The summed E-state index contributed by atoms with van der Waals surface area (Å²) in [7, 11) is 0. The molecule has 18 heavy (non-hydrogen) atoms. The lowest BCUT2D eigenvalue weighted by Gasteiger charge is -2.21. The van der Waals surface area contributed by atoms with Gasteiger partial charge in [0.05, 0.1) is 13.3 Å². The lowest BCUT2D eigenvalue weighted by Crippen LogP contribution is -2.46. The Hall–Kier alpha value is -1.37. The second-order valence-corrected chi connectivity index (χ2v) is 4.65. The van der Waals surface area contributed by atoms with Crippen molar-refractivity contribution in [2.45, 2.75) is 38.8 Å². The van der Waals surface area contributed by atoms with E-state index in [0.717, 1.165) is 0 Å². The molecule has 7 heteroatoms. The zero-order valence-electron chi connectivity index (χ0n) is 10.9. The van der Waals surface area contributed by atoms with Crippen LogP contribution in [-0.2, 0) is 14.3 Å². The molecule has 0 aliphatic carbocycles. The van der Waals surface area contributed by atoms with Crippen molar-refractivity contribution in [2.75, 3.05) is 19.9 Å². The molecule has 0 saturated heterocycles. The van der Waals surface area contributed by atoms with Crippen molar-refractivity contribution in [3.63, 3.8) is 0 Å². The summed E-state index contributed by atoms with van der Waals surface area (Å²) in [6.07, 6.45) is -0.636. The number of amides is 1. The maximum Gasteiger partial charge on any atom is 0.408 e. The Morgan fingerprint density at radius 3 is 2.44 bits per heavy atom. The van der Waals surface area contributed by atoms with Gasteiger partial charge in [0.2, 0.25) is 0 Å². The van der Waals surface area contributed by atoms with Crippen LogP contribution in [0, 0.1) is 0 Å². The monoisotopic (exact) mass is 265 g/mol. The molecule has 6 nitrogen and oxygen atoms in total. The molecule has 0 unspecified atom stereocenters. The van der Waals surface area contributed by atoms with Gasteiger partial charge in [-0.3, -0.25) is 4.39 Å². The third kappa shape index (κ3) is 8.74. The van der Waals surface area contributed by atoms with Gasteiger partial charge in [0.25, 0.3) is 0 Å². The van der Waals surface area contributed by atoms with Crippen LogP contribution >= 0.6 is 0 Å². The van der Waals surface area contributed by atoms with Gasteiger partial charge in [-0.25, -0.2) is 9.59 Å². The molecule has 2 N–H and O–H groups in total. The Balaban J connectivity index is 4.11. The van der Waals surface area contributed by atoms with E-state index in [1.165, 1.54) is 0 Å². The zero-order chi connectivity index (χ0) is 14.2. The van der Waals surface area contributed by atoms with Crippen molar-refractivity contribution in [3.05, 3.63) is 0 Å². The van der Waals surface area contributed by atoms with Crippen LogP contribution in [0.25, 0.3) is 0 Å². The van der Waals surface area contributed by atoms with Crippen molar-refractivity contribution in [2.24, 2.45) is 0 Å². The first-order valence-corrected chi connectivity index (χ1v) is 5.62. The van der Waals surface area contributed by atoms with Crippen LogP contribution in [0.1, 0.15) is 27.2 Å². The highest BCUT2D eigenvalue weighted by molar-refractivity contribution is 5.80.